The van der Waals surface area contributed by atoms with E-state index in [4.69, 9.17) is 5.73 Å². The van der Waals surface area contributed by atoms with Crippen LogP contribution in [0.5, 0.6) is 0 Å². The summed E-state index contributed by atoms with van der Waals surface area (Å²) in [6.07, 6.45) is 4.53. The Labute approximate surface area is 168 Å². The van der Waals surface area contributed by atoms with E-state index in [0.29, 0.717) is 29.0 Å². The highest BCUT2D eigenvalue weighted by atomic mass is 32.2. The number of nitrogens with two attached hydrogens (primary N) is 1. The molecule has 4 nitrogen and oxygen atoms in total. The van der Waals surface area contributed by atoms with E-state index in [-0.39, 0.29) is 11.2 Å². The molecule has 3 rings (SSSR count). The lowest BCUT2D eigenvalue weighted by molar-refractivity contribution is 0.100. The van der Waals surface area contributed by atoms with Crippen LogP contribution in [0.1, 0.15) is 41.8 Å². The van der Waals surface area contributed by atoms with Crippen LogP contribution in [-0.2, 0) is 5.41 Å². The highest BCUT2D eigenvalue weighted by Crippen LogP contribution is 2.30. The van der Waals surface area contributed by atoms with Gasteiger partial charge in [0, 0.05) is 28.7 Å². The van der Waals surface area contributed by atoms with Gasteiger partial charge in [0.15, 0.2) is 0 Å². The number of allylic oxidation sites excluding steroid dienone is 2. The van der Waals surface area contributed by atoms with Crippen molar-refractivity contribution in [1.29, 1.82) is 0 Å². The molecule has 0 aromatic heterocycles. The smallest absolute Gasteiger partial charge is 0.248 e. The Kier molecular flexibility index (Phi) is 6.09. The first-order valence-electron chi connectivity index (χ1n) is 8.96. The van der Waals surface area contributed by atoms with Gasteiger partial charge < -0.3 is 5.73 Å². The lowest BCUT2D eigenvalue weighted by atomic mass is 9.86. The molecular weight excluding hydrogens is 373 g/mol. The molecule has 0 unspecified atom stereocenters. The first-order valence-corrected chi connectivity index (χ1v) is 9.94. The van der Waals surface area contributed by atoms with Gasteiger partial charge in [-0.15, -0.1) is 22.0 Å². The molecular formula is C22H22FN3OS. The van der Waals surface area contributed by atoms with Crippen LogP contribution in [0.4, 0.5) is 4.39 Å². The van der Waals surface area contributed by atoms with Gasteiger partial charge in [-0.1, -0.05) is 50.3 Å². The summed E-state index contributed by atoms with van der Waals surface area (Å²) >= 11 is 1.58. The zero-order valence-electron chi connectivity index (χ0n) is 15.9. The van der Waals surface area contributed by atoms with Gasteiger partial charge in [-0.25, -0.2) is 4.39 Å². The summed E-state index contributed by atoms with van der Waals surface area (Å²) in [5.74, 6) is 0.0171. The average Bonchev–Trinajstić information content (AvgIpc) is 2.92. The number of nitrogens with zero attached hydrogens (tertiary/aromatic N) is 2. The second kappa shape index (κ2) is 8.52. The van der Waals surface area contributed by atoms with Crippen molar-refractivity contribution in [3.8, 4) is 0 Å². The van der Waals surface area contributed by atoms with Crippen LogP contribution in [0.3, 0.4) is 0 Å². The Hall–Kier alpha value is -2.73. The highest BCUT2D eigenvalue weighted by Gasteiger charge is 2.24. The van der Waals surface area contributed by atoms with Crippen LogP contribution in [0.15, 0.2) is 70.9 Å². The van der Waals surface area contributed by atoms with Gasteiger partial charge in [-0.2, -0.15) is 0 Å². The van der Waals surface area contributed by atoms with Gasteiger partial charge in [-0.3, -0.25) is 4.79 Å². The number of thioether (sulfide) groups is 1. The summed E-state index contributed by atoms with van der Waals surface area (Å²) in [6.45, 7) is 4.05. The van der Waals surface area contributed by atoms with Crippen molar-refractivity contribution in [1.82, 2.24) is 0 Å². The molecule has 1 aliphatic heterocycles. The second-order valence-electron chi connectivity index (χ2n) is 7.18. The van der Waals surface area contributed by atoms with Crippen molar-refractivity contribution in [2.24, 2.45) is 15.9 Å². The minimum absolute atomic E-state index is 0.189. The predicted molar refractivity (Wildman–Crippen MR) is 115 cm³/mol. The standard InChI is InChI=1S/C22H22FN3OS/c1-22(2,17-9-3-4-10-18(17)23)14-28-20-12-6-11-19(25-26-20)15-7-5-8-16(13-15)21(24)27/h3-11,13H,12,14H2,1-2H3,(H2,24,27). The monoisotopic (exact) mass is 395 g/mol. The van der Waals surface area contributed by atoms with E-state index in [0.717, 1.165) is 10.6 Å². The fourth-order valence-electron chi connectivity index (χ4n) is 2.88. The predicted octanol–water partition coefficient (Wildman–Crippen LogP) is 4.70. The Bertz CT molecular complexity index is 979. The molecule has 144 valence electrons. The van der Waals surface area contributed by atoms with Crippen LogP contribution in [-0.4, -0.2) is 22.4 Å². The number of primary amides is 1. The fraction of sp³-hybridized carbons (Fsp3) is 0.227. The first kappa shape index (κ1) is 20.0. The summed E-state index contributed by atoms with van der Waals surface area (Å²) in [6, 6.07) is 13.9. The topological polar surface area (TPSA) is 67.8 Å². The van der Waals surface area contributed by atoms with E-state index < -0.39 is 5.91 Å². The summed E-state index contributed by atoms with van der Waals surface area (Å²) < 4.78 is 14.1. The van der Waals surface area contributed by atoms with Gasteiger partial charge in [0.2, 0.25) is 5.91 Å². The maximum absolute atomic E-state index is 14.1. The molecule has 1 heterocycles. The normalized spacial score (nSPS) is 14.2. The third kappa shape index (κ3) is 4.75. The van der Waals surface area contributed by atoms with E-state index in [2.05, 4.69) is 10.2 Å². The van der Waals surface area contributed by atoms with Gasteiger partial charge in [0.1, 0.15) is 5.82 Å². The van der Waals surface area contributed by atoms with Crippen molar-refractivity contribution in [3.63, 3.8) is 0 Å². The quantitative estimate of drug-likeness (QED) is 0.797. The molecule has 0 aliphatic carbocycles. The lowest BCUT2D eigenvalue weighted by Gasteiger charge is -2.25. The first-order chi connectivity index (χ1) is 13.4. The molecule has 2 aromatic carbocycles. The van der Waals surface area contributed by atoms with Gasteiger partial charge in [-0.05, 0) is 29.8 Å². The second-order valence-corrected chi connectivity index (χ2v) is 8.23. The Morgan fingerprint density at radius 2 is 1.96 bits per heavy atom. The van der Waals surface area contributed by atoms with Gasteiger partial charge >= 0.3 is 0 Å². The minimum Gasteiger partial charge on any atom is -0.366 e. The van der Waals surface area contributed by atoms with Crippen LogP contribution < -0.4 is 5.73 Å². The average molecular weight is 396 g/mol. The number of carbonyl (C=O) groups excluding carboxylic acids is 1. The van der Waals surface area contributed by atoms with Crippen LogP contribution >= 0.6 is 11.8 Å². The SMILES string of the molecule is CC(C)(CSC1=NN=C(c2cccc(C(N)=O)c2)C=CC1)c1ccccc1F. The zero-order chi connectivity index (χ0) is 20.1. The molecule has 1 amide bonds. The van der Waals surface area contributed by atoms with Crippen molar-refractivity contribution >= 4 is 28.4 Å². The van der Waals surface area contributed by atoms with Crippen molar-refractivity contribution < 1.29 is 9.18 Å². The largest absolute Gasteiger partial charge is 0.366 e. The van der Waals surface area contributed by atoms with Crippen molar-refractivity contribution in [2.45, 2.75) is 25.7 Å². The van der Waals surface area contributed by atoms with Crippen molar-refractivity contribution in [2.75, 3.05) is 5.75 Å². The molecule has 0 bridgehead atoms. The number of hydrogen-bond donors (Lipinski definition) is 1. The molecule has 6 heteroatoms. The number of carbonyl (C=O) groups is 1. The summed E-state index contributed by atoms with van der Waals surface area (Å²) in [5, 5.41) is 9.57. The molecule has 0 saturated heterocycles. The van der Waals surface area contributed by atoms with Gasteiger partial charge in [0.05, 0.1) is 10.8 Å². The maximum Gasteiger partial charge on any atom is 0.248 e. The van der Waals surface area contributed by atoms with E-state index in [1.54, 1.807) is 36.0 Å². The molecule has 1 aliphatic rings. The van der Waals surface area contributed by atoms with Gasteiger partial charge in [0.25, 0.3) is 0 Å². The van der Waals surface area contributed by atoms with E-state index in [9.17, 15) is 9.18 Å². The molecule has 0 saturated carbocycles. The Morgan fingerprint density at radius 3 is 2.71 bits per heavy atom. The number of halogens is 1. The Balaban J connectivity index is 1.75. The van der Waals surface area contributed by atoms with E-state index in [1.165, 1.54) is 6.07 Å². The molecule has 0 fully saturated rings. The molecule has 0 atom stereocenters. The minimum atomic E-state index is -0.477. The van der Waals surface area contributed by atoms with Crippen LogP contribution in [0.25, 0.3) is 0 Å². The highest BCUT2D eigenvalue weighted by molar-refractivity contribution is 8.14. The summed E-state index contributed by atoms with van der Waals surface area (Å²) in [4.78, 5) is 11.4. The van der Waals surface area contributed by atoms with Crippen LogP contribution in [0.2, 0.25) is 0 Å². The molecule has 0 radical (unpaired) electrons. The molecule has 2 N–H and O–H groups in total. The molecule has 28 heavy (non-hydrogen) atoms. The maximum atomic E-state index is 14.1. The number of rotatable bonds is 5. The van der Waals surface area contributed by atoms with E-state index >= 15 is 0 Å². The number of amides is 1. The Morgan fingerprint density at radius 1 is 1.18 bits per heavy atom. The van der Waals surface area contributed by atoms with Crippen molar-refractivity contribution in [3.05, 3.63) is 83.2 Å². The van der Waals surface area contributed by atoms with E-state index in [1.807, 2.05) is 44.2 Å². The zero-order valence-corrected chi connectivity index (χ0v) is 16.7. The third-order valence-electron chi connectivity index (χ3n) is 4.48. The third-order valence-corrected chi connectivity index (χ3v) is 5.93. The van der Waals surface area contributed by atoms with Crippen LogP contribution in [0, 0.1) is 5.82 Å². The number of benzene rings is 2. The fourth-order valence-corrected chi connectivity index (χ4v) is 3.88. The molecule has 2 aromatic rings. The lowest BCUT2D eigenvalue weighted by Crippen LogP contribution is -2.22. The summed E-state index contributed by atoms with van der Waals surface area (Å²) in [7, 11) is 0. The number of hydrogen-bond acceptors (Lipinski definition) is 4. The summed E-state index contributed by atoms with van der Waals surface area (Å²) in [5.41, 5.74) is 7.60. The molecule has 0 spiro atoms.